The molecule has 1 aromatic heterocycles. The number of amides is 1. The molecule has 0 aliphatic rings. The molecule has 29 heavy (non-hydrogen) atoms. The molecule has 3 aromatic carbocycles. The fraction of sp³-hybridized carbons (Fsp3) is 0.0833. The Kier molecular flexibility index (Phi) is 6.05. The van der Waals surface area contributed by atoms with Crippen LogP contribution in [-0.4, -0.2) is 24.0 Å². The predicted molar refractivity (Wildman–Crippen MR) is 124 cm³/mol. The molecule has 0 unspecified atom stereocenters. The number of aromatic nitrogens is 1. The van der Waals surface area contributed by atoms with Crippen LogP contribution in [0.5, 0.6) is 5.75 Å². The second-order valence-electron chi connectivity index (χ2n) is 6.50. The third-order valence-corrected chi connectivity index (χ3v) is 5.16. The monoisotopic (exact) mass is 494 g/mol. The molecular weight excluding hydrogens is 475 g/mol. The number of carbonyl (C=O) groups is 1. The lowest BCUT2D eigenvalue weighted by molar-refractivity contribution is 0.0948. The van der Waals surface area contributed by atoms with Gasteiger partial charge < -0.3 is 10.1 Å². The summed E-state index contributed by atoms with van der Waals surface area (Å²) in [5.74, 6) is 0.658. The van der Waals surface area contributed by atoms with E-state index < -0.39 is 0 Å². The molecule has 0 radical (unpaired) electrons. The Morgan fingerprint density at radius 1 is 0.931 bits per heavy atom. The van der Waals surface area contributed by atoms with Crippen LogP contribution in [0.15, 0.2) is 84.9 Å². The first-order valence-electron chi connectivity index (χ1n) is 9.32. The molecule has 1 heterocycles. The molecule has 4 rings (SSSR count). The van der Waals surface area contributed by atoms with Crippen molar-refractivity contribution in [3.05, 3.63) is 94.1 Å². The van der Waals surface area contributed by atoms with Gasteiger partial charge in [0.2, 0.25) is 0 Å². The van der Waals surface area contributed by atoms with E-state index in [9.17, 15) is 4.79 Å². The van der Waals surface area contributed by atoms with Crippen LogP contribution < -0.4 is 10.1 Å². The van der Waals surface area contributed by atoms with Gasteiger partial charge in [-0.05, 0) is 59.0 Å². The summed E-state index contributed by atoms with van der Waals surface area (Å²) in [7, 11) is 0. The Morgan fingerprint density at radius 3 is 2.41 bits per heavy atom. The van der Waals surface area contributed by atoms with E-state index in [0.29, 0.717) is 18.7 Å². The standard InChI is InChI=1S/C24H19IN2O2/c25-18-11-12-22-20(15-18)21(16-23(27-22)17-7-3-1-4-8-17)24(28)26-13-14-29-19-9-5-2-6-10-19/h1-12,15-16H,13-14H2,(H,26,28). The van der Waals surface area contributed by atoms with Gasteiger partial charge in [-0.1, -0.05) is 48.5 Å². The average Bonchev–Trinajstić information content (AvgIpc) is 2.77. The van der Waals surface area contributed by atoms with Crippen LogP contribution >= 0.6 is 22.6 Å². The summed E-state index contributed by atoms with van der Waals surface area (Å²) in [6, 6.07) is 27.3. The Hall–Kier alpha value is -2.93. The van der Waals surface area contributed by atoms with Crippen LogP contribution in [0.25, 0.3) is 22.2 Å². The van der Waals surface area contributed by atoms with E-state index >= 15 is 0 Å². The van der Waals surface area contributed by atoms with Crippen LogP contribution in [0.1, 0.15) is 10.4 Å². The van der Waals surface area contributed by atoms with Gasteiger partial charge >= 0.3 is 0 Å². The third-order valence-electron chi connectivity index (χ3n) is 4.48. The maximum atomic E-state index is 13.0. The van der Waals surface area contributed by atoms with Gasteiger partial charge in [-0.2, -0.15) is 0 Å². The van der Waals surface area contributed by atoms with Crippen molar-refractivity contribution >= 4 is 39.4 Å². The maximum Gasteiger partial charge on any atom is 0.252 e. The quantitative estimate of drug-likeness (QED) is 0.292. The van der Waals surface area contributed by atoms with E-state index in [1.807, 2.05) is 84.9 Å². The predicted octanol–water partition coefficient (Wildman–Crippen LogP) is 5.32. The number of pyridine rings is 1. The number of benzene rings is 3. The van der Waals surface area contributed by atoms with Crippen LogP contribution in [0.2, 0.25) is 0 Å². The molecule has 0 atom stereocenters. The van der Waals surface area contributed by atoms with E-state index in [4.69, 9.17) is 9.72 Å². The SMILES string of the molecule is O=C(NCCOc1ccccc1)c1cc(-c2ccccc2)nc2ccc(I)cc12. The van der Waals surface area contributed by atoms with Crippen molar-refractivity contribution in [3.63, 3.8) is 0 Å². The third kappa shape index (κ3) is 4.74. The number of nitrogens with one attached hydrogen (secondary N) is 1. The number of halogens is 1. The van der Waals surface area contributed by atoms with Crippen molar-refractivity contribution in [2.45, 2.75) is 0 Å². The van der Waals surface area contributed by atoms with E-state index in [2.05, 4.69) is 27.9 Å². The smallest absolute Gasteiger partial charge is 0.252 e. The van der Waals surface area contributed by atoms with Gasteiger partial charge in [0.15, 0.2) is 0 Å². The Bertz CT molecular complexity index is 1130. The lowest BCUT2D eigenvalue weighted by atomic mass is 10.0. The van der Waals surface area contributed by atoms with Crippen molar-refractivity contribution in [1.29, 1.82) is 0 Å². The van der Waals surface area contributed by atoms with Gasteiger partial charge in [-0.25, -0.2) is 4.98 Å². The highest BCUT2D eigenvalue weighted by Gasteiger charge is 2.14. The minimum atomic E-state index is -0.131. The van der Waals surface area contributed by atoms with Gasteiger partial charge in [0.25, 0.3) is 5.91 Å². The highest BCUT2D eigenvalue weighted by atomic mass is 127. The van der Waals surface area contributed by atoms with E-state index in [1.54, 1.807) is 0 Å². The molecule has 0 spiro atoms. The fourth-order valence-electron chi connectivity index (χ4n) is 3.09. The molecule has 0 aliphatic carbocycles. The van der Waals surface area contributed by atoms with Gasteiger partial charge in [-0.3, -0.25) is 4.79 Å². The first-order valence-corrected chi connectivity index (χ1v) is 10.4. The molecule has 0 aliphatic heterocycles. The number of fused-ring (bicyclic) bond motifs is 1. The van der Waals surface area contributed by atoms with Crippen molar-refractivity contribution in [2.24, 2.45) is 0 Å². The first kappa shape index (κ1) is 19.4. The van der Waals surface area contributed by atoms with E-state index in [0.717, 1.165) is 31.5 Å². The summed E-state index contributed by atoms with van der Waals surface area (Å²) in [5, 5.41) is 3.81. The normalized spacial score (nSPS) is 10.7. The summed E-state index contributed by atoms with van der Waals surface area (Å²) >= 11 is 2.25. The number of para-hydroxylation sites is 1. The van der Waals surface area contributed by atoms with Crippen molar-refractivity contribution in [3.8, 4) is 17.0 Å². The highest BCUT2D eigenvalue weighted by molar-refractivity contribution is 14.1. The van der Waals surface area contributed by atoms with Crippen molar-refractivity contribution in [2.75, 3.05) is 13.2 Å². The van der Waals surface area contributed by atoms with Gasteiger partial charge in [0, 0.05) is 14.5 Å². The molecule has 4 aromatic rings. The fourth-order valence-corrected chi connectivity index (χ4v) is 3.58. The van der Waals surface area contributed by atoms with Gasteiger partial charge in [0.05, 0.1) is 23.3 Å². The number of hydrogen-bond acceptors (Lipinski definition) is 3. The second kappa shape index (κ2) is 9.05. The number of ether oxygens (including phenoxy) is 1. The molecule has 0 saturated carbocycles. The summed E-state index contributed by atoms with van der Waals surface area (Å²) in [4.78, 5) is 17.7. The molecule has 4 nitrogen and oxygen atoms in total. The Balaban J connectivity index is 1.57. The summed E-state index contributed by atoms with van der Waals surface area (Å²) in [5.41, 5.74) is 3.18. The zero-order chi connectivity index (χ0) is 20.1. The molecule has 0 fully saturated rings. The van der Waals surface area contributed by atoms with Crippen LogP contribution in [-0.2, 0) is 0 Å². The zero-order valence-electron chi connectivity index (χ0n) is 15.6. The number of nitrogens with zero attached hydrogens (tertiary/aromatic N) is 1. The highest BCUT2D eigenvalue weighted by Crippen LogP contribution is 2.26. The van der Waals surface area contributed by atoms with Crippen molar-refractivity contribution < 1.29 is 9.53 Å². The molecule has 0 saturated heterocycles. The minimum absolute atomic E-state index is 0.131. The number of carbonyl (C=O) groups excluding carboxylic acids is 1. The molecule has 5 heteroatoms. The van der Waals surface area contributed by atoms with E-state index in [1.165, 1.54) is 0 Å². The molecule has 144 valence electrons. The lowest BCUT2D eigenvalue weighted by Crippen LogP contribution is -2.28. The topological polar surface area (TPSA) is 51.2 Å². The number of hydrogen-bond donors (Lipinski definition) is 1. The molecule has 1 N–H and O–H groups in total. The summed E-state index contributed by atoms with van der Waals surface area (Å²) in [6.45, 7) is 0.823. The Labute approximate surface area is 183 Å². The first-order chi connectivity index (χ1) is 14.2. The molecule has 1 amide bonds. The van der Waals surface area contributed by atoms with Gasteiger partial charge in [0.1, 0.15) is 12.4 Å². The Morgan fingerprint density at radius 2 is 1.66 bits per heavy atom. The van der Waals surface area contributed by atoms with Gasteiger partial charge in [-0.15, -0.1) is 0 Å². The van der Waals surface area contributed by atoms with Crippen LogP contribution in [0, 0.1) is 3.57 Å². The summed E-state index contributed by atoms with van der Waals surface area (Å²) < 4.78 is 6.72. The molecule has 0 bridgehead atoms. The number of rotatable bonds is 6. The molecular formula is C24H19IN2O2. The second-order valence-corrected chi connectivity index (χ2v) is 7.75. The van der Waals surface area contributed by atoms with Crippen LogP contribution in [0.4, 0.5) is 0 Å². The summed E-state index contributed by atoms with van der Waals surface area (Å²) in [6.07, 6.45) is 0. The maximum absolute atomic E-state index is 13.0. The zero-order valence-corrected chi connectivity index (χ0v) is 17.8. The lowest BCUT2D eigenvalue weighted by Gasteiger charge is -2.12. The van der Waals surface area contributed by atoms with Crippen molar-refractivity contribution in [1.82, 2.24) is 10.3 Å². The minimum Gasteiger partial charge on any atom is -0.492 e. The largest absolute Gasteiger partial charge is 0.492 e. The van der Waals surface area contributed by atoms with Crippen LogP contribution in [0.3, 0.4) is 0 Å². The van der Waals surface area contributed by atoms with E-state index in [-0.39, 0.29) is 5.91 Å². The average molecular weight is 494 g/mol.